The van der Waals surface area contributed by atoms with Crippen LogP contribution in [0.3, 0.4) is 0 Å². The number of fused-ring (bicyclic) bond motifs is 1. The lowest BCUT2D eigenvalue weighted by molar-refractivity contribution is -0.384. The van der Waals surface area contributed by atoms with Crippen molar-refractivity contribution in [3.8, 4) is 11.4 Å². The zero-order valence-electron chi connectivity index (χ0n) is 14.7. The van der Waals surface area contributed by atoms with Crippen LogP contribution in [0, 0.1) is 17.0 Å². The third-order valence-electron chi connectivity index (χ3n) is 4.68. The highest BCUT2D eigenvalue weighted by atomic mass is 16.6. The maximum Gasteiger partial charge on any atom is 0.270 e. The molecule has 0 spiro atoms. The highest BCUT2D eigenvalue weighted by molar-refractivity contribution is 5.61. The number of anilines is 1. The number of non-ortho nitro benzene ring substituents is 1. The summed E-state index contributed by atoms with van der Waals surface area (Å²) in [6.45, 7) is 1.84. The number of nitro groups is 1. The highest BCUT2D eigenvalue weighted by Crippen LogP contribution is 2.34. The van der Waals surface area contributed by atoms with Gasteiger partial charge in [-0.2, -0.15) is 0 Å². The molecule has 0 bridgehead atoms. The standard InChI is InChI=1S/C20H18N4O3/c1-12-9-18(22-19-16-8-3-2-5-13(16)11-17(19)25)23-20(21-12)14-6-4-7-15(10-14)24(26)27/h2-10,17,19,25H,11H2,1H3,(H,21,22,23)/t17-,19+/m1/s1. The number of nitrogens with one attached hydrogen (secondary N) is 1. The Morgan fingerprint density at radius 2 is 1.96 bits per heavy atom. The molecule has 0 aliphatic heterocycles. The molecule has 1 heterocycles. The van der Waals surface area contributed by atoms with Crippen LogP contribution in [0.15, 0.2) is 54.6 Å². The van der Waals surface area contributed by atoms with E-state index in [0.717, 1.165) is 16.8 Å². The Hall–Kier alpha value is -3.32. The van der Waals surface area contributed by atoms with Gasteiger partial charge in [-0.15, -0.1) is 0 Å². The van der Waals surface area contributed by atoms with Crippen molar-refractivity contribution in [3.05, 3.63) is 81.5 Å². The third-order valence-corrected chi connectivity index (χ3v) is 4.68. The lowest BCUT2D eigenvalue weighted by Crippen LogP contribution is -2.22. The topological polar surface area (TPSA) is 101 Å². The molecule has 7 heteroatoms. The number of aliphatic hydroxyl groups excluding tert-OH is 1. The van der Waals surface area contributed by atoms with Gasteiger partial charge in [-0.05, 0) is 18.1 Å². The summed E-state index contributed by atoms with van der Waals surface area (Å²) in [7, 11) is 0. The first-order chi connectivity index (χ1) is 13.0. The fraction of sp³-hybridized carbons (Fsp3) is 0.200. The lowest BCUT2D eigenvalue weighted by atomic mass is 10.1. The van der Waals surface area contributed by atoms with Crippen LogP contribution in [-0.4, -0.2) is 26.1 Å². The molecular weight excluding hydrogens is 344 g/mol. The monoisotopic (exact) mass is 362 g/mol. The van der Waals surface area contributed by atoms with Crippen LogP contribution in [0.25, 0.3) is 11.4 Å². The van der Waals surface area contributed by atoms with Gasteiger partial charge in [-0.1, -0.05) is 36.4 Å². The third kappa shape index (κ3) is 3.37. The predicted molar refractivity (Wildman–Crippen MR) is 101 cm³/mol. The Morgan fingerprint density at radius 3 is 2.78 bits per heavy atom. The molecule has 1 aliphatic carbocycles. The fourth-order valence-corrected chi connectivity index (χ4v) is 3.44. The van der Waals surface area contributed by atoms with Crippen molar-refractivity contribution in [2.75, 3.05) is 5.32 Å². The number of hydrogen-bond acceptors (Lipinski definition) is 6. The van der Waals surface area contributed by atoms with Gasteiger partial charge in [-0.25, -0.2) is 9.97 Å². The maximum absolute atomic E-state index is 11.0. The van der Waals surface area contributed by atoms with Crippen LogP contribution in [0.1, 0.15) is 22.9 Å². The highest BCUT2D eigenvalue weighted by Gasteiger charge is 2.31. The summed E-state index contributed by atoms with van der Waals surface area (Å²) >= 11 is 0. The first-order valence-electron chi connectivity index (χ1n) is 8.64. The summed E-state index contributed by atoms with van der Waals surface area (Å²) in [6.07, 6.45) is 0.0502. The smallest absolute Gasteiger partial charge is 0.270 e. The fourth-order valence-electron chi connectivity index (χ4n) is 3.44. The van der Waals surface area contributed by atoms with Crippen LogP contribution in [-0.2, 0) is 6.42 Å². The SMILES string of the molecule is Cc1cc(N[C@H]2c3ccccc3C[C@H]2O)nc(-c2cccc([N+](=O)[O-])c2)n1. The van der Waals surface area contributed by atoms with Crippen molar-refractivity contribution >= 4 is 11.5 Å². The lowest BCUT2D eigenvalue weighted by Gasteiger charge is -2.19. The van der Waals surface area contributed by atoms with E-state index >= 15 is 0 Å². The van der Waals surface area contributed by atoms with E-state index in [-0.39, 0.29) is 11.7 Å². The van der Waals surface area contributed by atoms with Crippen LogP contribution in [0.4, 0.5) is 11.5 Å². The van der Waals surface area contributed by atoms with Gasteiger partial charge in [0.2, 0.25) is 0 Å². The van der Waals surface area contributed by atoms with E-state index in [9.17, 15) is 15.2 Å². The second-order valence-corrected chi connectivity index (χ2v) is 6.62. The molecule has 0 radical (unpaired) electrons. The normalized spacial score (nSPS) is 18.1. The summed E-state index contributed by atoms with van der Waals surface area (Å²) in [4.78, 5) is 19.5. The van der Waals surface area contributed by atoms with E-state index in [1.165, 1.54) is 12.1 Å². The van der Waals surface area contributed by atoms with E-state index in [0.29, 0.717) is 23.6 Å². The summed E-state index contributed by atoms with van der Waals surface area (Å²) in [5.74, 6) is 0.978. The van der Waals surface area contributed by atoms with Gasteiger partial charge in [0, 0.05) is 35.9 Å². The largest absolute Gasteiger partial charge is 0.390 e. The second-order valence-electron chi connectivity index (χ2n) is 6.62. The molecule has 2 N–H and O–H groups in total. The predicted octanol–water partition coefficient (Wildman–Crippen LogP) is 3.43. The molecule has 1 aliphatic rings. The van der Waals surface area contributed by atoms with Crippen LogP contribution >= 0.6 is 0 Å². The molecule has 4 rings (SSSR count). The van der Waals surface area contributed by atoms with E-state index in [1.54, 1.807) is 18.2 Å². The zero-order valence-corrected chi connectivity index (χ0v) is 14.7. The minimum atomic E-state index is -0.543. The Labute approximate surface area is 155 Å². The maximum atomic E-state index is 11.0. The van der Waals surface area contributed by atoms with Crippen molar-refractivity contribution < 1.29 is 10.0 Å². The van der Waals surface area contributed by atoms with Gasteiger partial charge >= 0.3 is 0 Å². The van der Waals surface area contributed by atoms with E-state index in [4.69, 9.17) is 0 Å². The van der Waals surface area contributed by atoms with Crippen molar-refractivity contribution in [1.29, 1.82) is 0 Å². The van der Waals surface area contributed by atoms with Gasteiger partial charge in [0.15, 0.2) is 5.82 Å². The molecule has 1 aromatic heterocycles. The summed E-state index contributed by atoms with van der Waals surface area (Å²) < 4.78 is 0. The van der Waals surface area contributed by atoms with Gasteiger partial charge in [0.1, 0.15) is 5.82 Å². The van der Waals surface area contributed by atoms with Crippen molar-refractivity contribution in [2.45, 2.75) is 25.5 Å². The van der Waals surface area contributed by atoms with Crippen molar-refractivity contribution in [2.24, 2.45) is 0 Å². The average Bonchev–Trinajstić information content (AvgIpc) is 2.97. The second kappa shape index (κ2) is 6.77. The van der Waals surface area contributed by atoms with Crippen LogP contribution in [0.2, 0.25) is 0 Å². The molecular formula is C20H18N4O3. The number of rotatable bonds is 4. The molecule has 2 aromatic carbocycles. The van der Waals surface area contributed by atoms with Gasteiger partial charge in [0.25, 0.3) is 5.69 Å². The van der Waals surface area contributed by atoms with E-state index < -0.39 is 11.0 Å². The number of nitro benzene ring substituents is 1. The van der Waals surface area contributed by atoms with Gasteiger partial charge < -0.3 is 10.4 Å². The Balaban J connectivity index is 1.68. The van der Waals surface area contributed by atoms with Crippen molar-refractivity contribution in [1.82, 2.24) is 9.97 Å². The molecule has 0 amide bonds. The molecule has 3 aromatic rings. The summed E-state index contributed by atoms with van der Waals surface area (Å²) in [6, 6.07) is 15.7. The summed E-state index contributed by atoms with van der Waals surface area (Å²) in [5, 5.41) is 24.8. The van der Waals surface area contributed by atoms with Crippen LogP contribution < -0.4 is 5.32 Å². The first-order valence-corrected chi connectivity index (χ1v) is 8.64. The number of aryl methyl sites for hydroxylation is 1. The molecule has 7 nitrogen and oxygen atoms in total. The van der Waals surface area contributed by atoms with Gasteiger partial charge in [-0.3, -0.25) is 10.1 Å². The molecule has 27 heavy (non-hydrogen) atoms. The van der Waals surface area contributed by atoms with Gasteiger partial charge in [0.05, 0.1) is 17.1 Å². The molecule has 136 valence electrons. The van der Waals surface area contributed by atoms with Crippen LogP contribution in [0.5, 0.6) is 0 Å². The Morgan fingerprint density at radius 1 is 1.15 bits per heavy atom. The Bertz CT molecular complexity index is 1020. The molecule has 0 saturated carbocycles. The molecule has 0 fully saturated rings. The Kier molecular flexibility index (Phi) is 4.29. The molecule has 0 unspecified atom stereocenters. The quantitative estimate of drug-likeness (QED) is 0.545. The van der Waals surface area contributed by atoms with E-state index in [1.807, 2.05) is 31.2 Å². The van der Waals surface area contributed by atoms with E-state index in [2.05, 4.69) is 15.3 Å². The minimum Gasteiger partial charge on any atom is -0.390 e. The number of nitrogens with zero attached hydrogens (tertiary/aromatic N) is 3. The molecule has 2 atom stereocenters. The van der Waals surface area contributed by atoms with Crippen molar-refractivity contribution in [3.63, 3.8) is 0 Å². The average molecular weight is 362 g/mol. The summed E-state index contributed by atoms with van der Waals surface area (Å²) in [5.41, 5.74) is 3.47. The number of aliphatic hydroxyl groups is 1. The number of benzene rings is 2. The first kappa shape index (κ1) is 17.1. The minimum absolute atomic E-state index is 0.00717. The zero-order chi connectivity index (χ0) is 19.0. The number of hydrogen-bond donors (Lipinski definition) is 2. The number of aromatic nitrogens is 2. The molecule has 0 saturated heterocycles.